The predicted octanol–water partition coefficient (Wildman–Crippen LogP) is 9.27. The summed E-state index contributed by atoms with van der Waals surface area (Å²) in [6.07, 6.45) is 7.64. The molecule has 15 nitrogen and oxygen atoms in total. The molecule has 0 fully saturated rings. The van der Waals surface area contributed by atoms with Crippen LogP contribution in [0.2, 0.25) is 0 Å². The highest BCUT2D eigenvalue weighted by Crippen LogP contribution is 2.52. The van der Waals surface area contributed by atoms with Gasteiger partial charge in [0.25, 0.3) is 11.7 Å². The van der Waals surface area contributed by atoms with Crippen molar-refractivity contribution >= 4 is 46.4 Å². The van der Waals surface area contributed by atoms with Crippen LogP contribution in [-0.2, 0) is 23.9 Å². The Bertz CT molecular complexity index is 2940. The summed E-state index contributed by atoms with van der Waals surface area (Å²) in [6.45, 7) is 20.4. The van der Waals surface area contributed by atoms with Crippen LogP contribution in [0.5, 0.6) is 11.5 Å². The lowest BCUT2D eigenvalue weighted by Crippen LogP contribution is -2.45. The van der Waals surface area contributed by atoms with Gasteiger partial charge in [0, 0.05) is 77.3 Å². The lowest BCUT2D eigenvalue weighted by Gasteiger charge is -2.38. The number of aromatic hydroxyl groups is 1. The summed E-state index contributed by atoms with van der Waals surface area (Å²) in [6, 6.07) is 17.9. The number of para-hydroxylation sites is 2. The van der Waals surface area contributed by atoms with Gasteiger partial charge in [0.2, 0.25) is 11.7 Å². The van der Waals surface area contributed by atoms with Crippen molar-refractivity contribution in [2.45, 2.75) is 113 Å². The number of aliphatic hydroxyl groups excluding tert-OH is 2. The summed E-state index contributed by atoms with van der Waals surface area (Å²) in [5.74, 6) is -8.69. The maximum absolute atomic E-state index is 15.1. The monoisotopic (exact) mass is 1050 g/mol. The van der Waals surface area contributed by atoms with Gasteiger partial charge in [-0.1, -0.05) is 115 Å². The Hall–Kier alpha value is -6.94. The number of fused-ring (bicyclic) bond motifs is 14. The molecule has 5 bridgehead atoms. The maximum atomic E-state index is 15.1. The molecule has 6 aliphatic rings. The number of esters is 1. The van der Waals surface area contributed by atoms with Crippen molar-refractivity contribution < 1.29 is 53.5 Å². The topological polar surface area (TPSA) is 205 Å². The fraction of sp³-hybridized carbons (Fsp3) is 0.452. The highest BCUT2D eigenvalue weighted by atomic mass is 16.7. The fourth-order valence-electron chi connectivity index (χ4n) is 11.2. The number of phenols is 1. The third-order valence-corrected chi connectivity index (χ3v) is 15.9. The van der Waals surface area contributed by atoms with E-state index in [0.717, 1.165) is 31.5 Å². The van der Waals surface area contributed by atoms with Crippen LogP contribution in [0.4, 0.5) is 11.4 Å². The molecule has 408 valence electrons. The zero-order valence-electron chi connectivity index (χ0n) is 45.9. The van der Waals surface area contributed by atoms with Gasteiger partial charge in [-0.3, -0.25) is 33.9 Å². The van der Waals surface area contributed by atoms with Crippen molar-refractivity contribution in [2.75, 3.05) is 31.1 Å². The minimum absolute atomic E-state index is 0.0298. The number of ether oxygens (including phenoxy) is 3. The number of anilines is 2. The number of aliphatic imine (C=N–C) groups is 1. The molecule has 2 amide bonds. The van der Waals surface area contributed by atoms with Crippen molar-refractivity contribution in [3.63, 3.8) is 0 Å². The Balaban J connectivity index is 1.18. The van der Waals surface area contributed by atoms with Gasteiger partial charge in [-0.15, -0.1) is 0 Å². The van der Waals surface area contributed by atoms with Crippen LogP contribution in [-0.4, -0.2) is 106 Å². The van der Waals surface area contributed by atoms with E-state index in [1.54, 1.807) is 107 Å². The van der Waals surface area contributed by atoms with E-state index in [-0.39, 0.29) is 45.2 Å². The Morgan fingerprint density at radius 1 is 0.870 bits per heavy atom. The van der Waals surface area contributed by atoms with Crippen molar-refractivity contribution in [1.82, 2.24) is 10.2 Å². The minimum atomic E-state index is -1.99. The van der Waals surface area contributed by atoms with Crippen LogP contribution in [0.3, 0.4) is 0 Å². The van der Waals surface area contributed by atoms with Gasteiger partial charge in [-0.25, -0.2) is 0 Å². The Morgan fingerprint density at radius 3 is 2.18 bits per heavy atom. The van der Waals surface area contributed by atoms with E-state index < -0.39 is 95.2 Å². The molecule has 0 spiro atoms. The van der Waals surface area contributed by atoms with Gasteiger partial charge in [0.1, 0.15) is 24.0 Å². The van der Waals surface area contributed by atoms with Gasteiger partial charge < -0.3 is 39.7 Å². The van der Waals surface area contributed by atoms with Gasteiger partial charge in [0.15, 0.2) is 0 Å². The zero-order valence-corrected chi connectivity index (χ0v) is 45.9. The van der Waals surface area contributed by atoms with E-state index in [9.17, 15) is 29.7 Å². The predicted molar refractivity (Wildman–Crippen MR) is 295 cm³/mol. The molecule has 3 aromatic rings. The van der Waals surface area contributed by atoms with E-state index in [4.69, 9.17) is 19.2 Å². The first kappa shape index (κ1) is 56.3. The van der Waals surface area contributed by atoms with Crippen LogP contribution in [0.1, 0.15) is 113 Å². The summed E-state index contributed by atoms with van der Waals surface area (Å²) < 4.78 is 19.0. The number of hydrogen-bond acceptors (Lipinski definition) is 13. The van der Waals surface area contributed by atoms with Crippen LogP contribution >= 0.6 is 0 Å². The second-order valence-electron chi connectivity index (χ2n) is 22.1. The normalized spacial score (nSPS) is 29.7. The first-order chi connectivity index (χ1) is 36.6. The third kappa shape index (κ3) is 11.7. The first-order valence-corrected chi connectivity index (χ1v) is 27.0. The van der Waals surface area contributed by atoms with E-state index in [0.29, 0.717) is 41.7 Å². The van der Waals surface area contributed by atoms with Crippen molar-refractivity contribution in [2.24, 2.45) is 46.4 Å². The number of nitrogens with zero attached hydrogens (tertiary/aromatic N) is 3. The summed E-state index contributed by atoms with van der Waals surface area (Å²) in [4.78, 5) is 81.7. The molecule has 77 heavy (non-hydrogen) atoms. The molecule has 2 aliphatic carbocycles. The highest BCUT2D eigenvalue weighted by molar-refractivity contribution is 6.34. The van der Waals surface area contributed by atoms with Gasteiger partial charge >= 0.3 is 11.8 Å². The molecule has 4 heterocycles. The Kier molecular flexibility index (Phi) is 17.1. The molecule has 1 unspecified atom stereocenters. The molecule has 0 radical (unpaired) electrons. The number of allylic oxidation sites excluding steroid dienone is 7. The molecule has 0 saturated heterocycles. The van der Waals surface area contributed by atoms with Gasteiger partial charge in [-0.05, 0) is 81.3 Å². The van der Waals surface area contributed by atoms with Gasteiger partial charge in [0.05, 0.1) is 47.6 Å². The number of rotatable bonds is 7. The average Bonchev–Trinajstić information content (AvgIpc) is 4.26. The quantitative estimate of drug-likeness (QED) is 0.0993. The largest absolute Gasteiger partial charge is 0.507 e. The number of benzene rings is 3. The Labute approximate surface area is 452 Å². The number of ketones is 2. The molecular weight excluding hydrogens is 977 g/mol. The number of aliphatic hydroxyl groups is 2. The van der Waals surface area contributed by atoms with Gasteiger partial charge in [-0.2, -0.15) is 0 Å². The number of amides is 2. The molecule has 0 saturated carbocycles. The summed E-state index contributed by atoms with van der Waals surface area (Å²) in [7, 11) is 0. The number of carbonyl (C=O) groups is 5. The second-order valence-corrected chi connectivity index (χ2v) is 22.1. The minimum Gasteiger partial charge on any atom is -0.507 e. The van der Waals surface area contributed by atoms with E-state index >= 15 is 9.59 Å². The SMILES string of the molecule is C/C1=C/C=C/[C@H](C)[C@H](O)[C@@H](C)[C@@H](O)[C@@H](C)[C@H](OC(=O)CC(=O)N(c2ccccc2)c2ccccc2)[C@H](C)[C@@H](C)/C=C/O[C@@]2(C)Oc3c(C)c(O)c4c(c3C2=O)C2=NCCN(CC(C)C)CCCC3=CC3C2=C(NC1=O)C4=O. The van der Waals surface area contributed by atoms with Crippen LogP contribution in [0.15, 0.2) is 125 Å². The highest BCUT2D eigenvalue weighted by Gasteiger charge is 2.53. The smallest absolute Gasteiger partial charge is 0.315 e. The molecule has 4 N–H and O–H groups in total. The average molecular weight is 1050 g/mol. The molecule has 3 aromatic carbocycles. The molecule has 0 aromatic heterocycles. The number of carbonyl (C=O) groups excluding carboxylic acids is 5. The fourth-order valence-corrected chi connectivity index (χ4v) is 11.2. The number of Topliss-reactive ketones (excluding diaryl/α,β-unsaturated/α-hetero) is 2. The summed E-state index contributed by atoms with van der Waals surface area (Å²) in [5, 5.41) is 38.8. The lowest BCUT2D eigenvalue weighted by atomic mass is 9.77. The number of hydrogen-bond donors (Lipinski definition) is 4. The molecule has 15 heteroatoms. The summed E-state index contributed by atoms with van der Waals surface area (Å²) in [5.41, 5.74) is 3.24. The zero-order chi connectivity index (χ0) is 55.6. The van der Waals surface area contributed by atoms with Crippen molar-refractivity contribution in [1.29, 1.82) is 0 Å². The van der Waals surface area contributed by atoms with Crippen LogP contribution < -0.4 is 15.0 Å². The number of phenolic OH excluding ortho intramolecular Hbond substituents is 1. The lowest BCUT2D eigenvalue weighted by molar-refractivity contribution is -0.162. The Morgan fingerprint density at radius 2 is 1.53 bits per heavy atom. The maximum Gasteiger partial charge on any atom is 0.315 e. The van der Waals surface area contributed by atoms with Crippen LogP contribution in [0, 0.1) is 48.3 Å². The van der Waals surface area contributed by atoms with Crippen molar-refractivity contribution in [3.05, 3.63) is 142 Å². The molecular formula is C62H74N4O11. The van der Waals surface area contributed by atoms with E-state index in [1.807, 2.05) is 26.0 Å². The third-order valence-electron chi connectivity index (χ3n) is 15.9. The molecule has 9 rings (SSSR count). The second kappa shape index (κ2) is 23.3. The molecule has 10 atom stereocenters. The van der Waals surface area contributed by atoms with E-state index in [2.05, 4.69) is 30.1 Å². The first-order valence-electron chi connectivity index (χ1n) is 27.0. The van der Waals surface area contributed by atoms with Crippen molar-refractivity contribution in [3.8, 4) is 11.5 Å². The molecule has 4 aliphatic heterocycles. The van der Waals surface area contributed by atoms with E-state index in [1.165, 1.54) is 18.1 Å². The van der Waals surface area contributed by atoms with Crippen LogP contribution in [0.25, 0.3) is 0 Å². The summed E-state index contributed by atoms with van der Waals surface area (Å²) >= 11 is 0. The standard InChI is InChI=1S/C62H74N4O11/c1-34(2)33-65-28-18-21-42-31-45(42)48-52(63-27-29-65)49-50-56(71)41(9)59-51(49)60(73)62(10,77-59)75-30-26-35(3)38(6)58(76-47(68)32-46(67)66(43-22-13-11-14-23-43)44-24-15-12-16-25-44)40(8)55(70)39(7)54(69)36(4)19-17-20-37(5)61(74)64-53(48)57(50)72/h11-17,19-20,22-26,30-31,34-36,38-40,45,54-55,58,69-71H,18,21,27-29,32-33H2,1-10H3,(H,64,74)/b19-17+,30-26+,37-20-,63-52?/t35-,36-,38+,39+,40+,45?,54-,55+,58+,62-/m0/s1. The number of nitrogens with one attached hydrogen (secondary N) is 1.